The lowest BCUT2D eigenvalue weighted by Crippen LogP contribution is -2.26. The second-order valence-electron chi connectivity index (χ2n) is 6.03. The Morgan fingerprint density at radius 2 is 2.15 bits per heavy atom. The topological polar surface area (TPSA) is 84.1 Å². The van der Waals surface area contributed by atoms with E-state index >= 15 is 0 Å². The molecule has 1 amide bonds. The highest BCUT2D eigenvalue weighted by Crippen LogP contribution is 2.19. The lowest BCUT2D eigenvalue weighted by molar-refractivity contribution is -0.121. The Morgan fingerprint density at radius 1 is 1.31 bits per heavy atom. The summed E-state index contributed by atoms with van der Waals surface area (Å²) in [6, 6.07) is 7.30. The van der Waals surface area contributed by atoms with E-state index < -0.39 is 0 Å². The van der Waals surface area contributed by atoms with Gasteiger partial charge in [0.1, 0.15) is 5.75 Å². The highest BCUT2D eigenvalue weighted by atomic mass is 32.1. The average Bonchev–Trinajstić information content (AvgIpc) is 3.04. The largest absolute Gasteiger partial charge is 0.497 e. The van der Waals surface area contributed by atoms with Gasteiger partial charge in [0.05, 0.1) is 17.8 Å². The second kappa shape index (κ2) is 8.14. The maximum absolute atomic E-state index is 12.2. The number of methoxy groups -OCH3 is 1. The predicted octanol–water partition coefficient (Wildman–Crippen LogP) is 2.59. The predicted molar refractivity (Wildman–Crippen MR) is 103 cm³/mol. The molecule has 0 saturated heterocycles. The number of benzene rings is 1. The van der Waals surface area contributed by atoms with E-state index in [1.165, 1.54) is 0 Å². The molecule has 3 rings (SSSR count). The normalized spacial score (nSPS) is 10.8. The minimum atomic E-state index is -0.159. The Hall–Kier alpha value is -2.67. The molecule has 2 heterocycles. The fourth-order valence-corrected chi connectivity index (χ4v) is 3.38. The van der Waals surface area contributed by atoms with E-state index in [4.69, 9.17) is 4.74 Å². The van der Waals surface area contributed by atoms with Crippen LogP contribution in [-0.4, -0.2) is 29.5 Å². The van der Waals surface area contributed by atoms with E-state index in [-0.39, 0.29) is 17.9 Å². The van der Waals surface area contributed by atoms with Gasteiger partial charge in [0.25, 0.3) is 5.56 Å². The van der Waals surface area contributed by atoms with Crippen molar-refractivity contribution in [2.75, 3.05) is 13.7 Å². The molecule has 1 aromatic carbocycles. The number of carbonyl (C=O) groups is 1. The zero-order valence-corrected chi connectivity index (χ0v) is 15.6. The first kappa shape index (κ1) is 18.1. The van der Waals surface area contributed by atoms with Crippen molar-refractivity contribution in [3.63, 3.8) is 0 Å². The number of H-pyrrole nitrogens is 1. The summed E-state index contributed by atoms with van der Waals surface area (Å²) < 4.78 is 5.21. The Morgan fingerprint density at radius 3 is 2.88 bits per heavy atom. The lowest BCUT2D eigenvalue weighted by atomic mass is 10.1. The molecule has 0 radical (unpaired) electrons. The van der Waals surface area contributed by atoms with Crippen LogP contribution in [0.15, 0.2) is 34.4 Å². The van der Waals surface area contributed by atoms with Crippen LogP contribution in [0.3, 0.4) is 0 Å². The first-order valence-electron chi connectivity index (χ1n) is 8.43. The van der Waals surface area contributed by atoms with Crippen molar-refractivity contribution < 1.29 is 9.53 Å². The van der Waals surface area contributed by atoms with Crippen LogP contribution >= 0.6 is 11.3 Å². The highest BCUT2D eigenvalue weighted by Gasteiger charge is 2.08. The molecule has 0 fully saturated rings. The summed E-state index contributed by atoms with van der Waals surface area (Å²) in [7, 11) is 1.60. The monoisotopic (exact) mass is 371 g/mol. The number of aryl methyl sites for hydroxylation is 2. The van der Waals surface area contributed by atoms with Crippen molar-refractivity contribution in [1.82, 2.24) is 15.3 Å². The Balaban J connectivity index is 1.57. The van der Waals surface area contributed by atoms with Gasteiger partial charge in [0.2, 0.25) is 5.91 Å². The molecular weight excluding hydrogens is 350 g/mol. The van der Waals surface area contributed by atoms with Crippen LogP contribution in [0.25, 0.3) is 10.9 Å². The van der Waals surface area contributed by atoms with E-state index in [2.05, 4.69) is 15.3 Å². The Kier molecular flexibility index (Phi) is 5.68. The number of aromatic amines is 1. The molecule has 0 aliphatic carbocycles. The molecule has 7 heteroatoms. The van der Waals surface area contributed by atoms with Crippen LogP contribution in [0.4, 0.5) is 0 Å². The molecule has 6 nitrogen and oxygen atoms in total. The molecule has 0 atom stereocenters. The Bertz CT molecular complexity index is 978. The smallest absolute Gasteiger partial charge is 0.251 e. The maximum Gasteiger partial charge on any atom is 0.251 e. The van der Waals surface area contributed by atoms with Crippen molar-refractivity contribution in [3.8, 4) is 5.75 Å². The summed E-state index contributed by atoms with van der Waals surface area (Å²) in [5.41, 5.74) is 2.18. The van der Waals surface area contributed by atoms with Crippen LogP contribution in [0, 0.1) is 6.92 Å². The minimum Gasteiger partial charge on any atom is -0.497 e. The molecule has 136 valence electrons. The zero-order chi connectivity index (χ0) is 18.5. The van der Waals surface area contributed by atoms with Crippen LogP contribution in [0.5, 0.6) is 5.75 Å². The van der Waals surface area contributed by atoms with Crippen LogP contribution < -0.4 is 15.6 Å². The SMILES string of the molecule is COc1ccc2[nH]c(=O)c(CCC(=O)NCCc3csc(C)n3)cc2c1. The van der Waals surface area contributed by atoms with Gasteiger partial charge < -0.3 is 15.0 Å². The summed E-state index contributed by atoms with van der Waals surface area (Å²) in [6.45, 7) is 2.51. The van der Waals surface area contributed by atoms with E-state index in [9.17, 15) is 9.59 Å². The van der Waals surface area contributed by atoms with Gasteiger partial charge in [-0.3, -0.25) is 9.59 Å². The van der Waals surface area contributed by atoms with E-state index in [0.717, 1.165) is 27.4 Å². The molecular formula is C19H21N3O3S. The number of hydrogen-bond donors (Lipinski definition) is 2. The van der Waals surface area contributed by atoms with Crippen LogP contribution in [0.1, 0.15) is 22.7 Å². The summed E-state index contributed by atoms with van der Waals surface area (Å²) in [6.07, 6.45) is 1.38. The van der Waals surface area contributed by atoms with Gasteiger partial charge in [-0.2, -0.15) is 0 Å². The highest BCUT2D eigenvalue weighted by molar-refractivity contribution is 7.09. The van der Waals surface area contributed by atoms with Crippen LogP contribution in [-0.2, 0) is 17.6 Å². The van der Waals surface area contributed by atoms with Crippen molar-refractivity contribution in [1.29, 1.82) is 0 Å². The van der Waals surface area contributed by atoms with Crippen molar-refractivity contribution in [2.24, 2.45) is 0 Å². The van der Waals surface area contributed by atoms with Gasteiger partial charge in [0.15, 0.2) is 0 Å². The zero-order valence-electron chi connectivity index (χ0n) is 14.8. The van der Waals surface area contributed by atoms with E-state index in [0.29, 0.717) is 24.9 Å². The van der Waals surface area contributed by atoms with Gasteiger partial charge in [-0.05, 0) is 37.6 Å². The number of nitrogens with one attached hydrogen (secondary N) is 2. The minimum absolute atomic E-state index is 0.0675. The molecule has 0 spiro atoms. The van der Waals surface area contributed by atoms with Crippen molar-refractivity contribution >= 4 is 28.1 Å². The van der Waals surface area contributed by atoms with Crippen LogP contribution in [0.2, 0.25) is 0 Å². The standard InChI is InChI=1S/C19H21N3O3S/c1-12-21-15(11-26-12)7-8-20-18(23)6-3-13-9-14-10-16(25-2)4-5-17(14)22-19(13)24/h4-5,9-11H,3,6-8H2,1-2H3,(H,20,23)(H,22,24). The first-order valence-corrected chi connectivity index (χ1v) is 9.31. The third-order valence-electron chi connectivity index (χ3n) is 4.12. The van der Waals surface area contributed by atoms with Crippen molar-refractivity contribution in [3.05, 3.63) is 56.3 Å². The maximum atomic E-state index is 12.2. The van der Waals surface area contributed by atoms with Gasteiger partial charge in [-0.25, -0.2) is 4.98 Å². The number of aromatic nitrogens is 2. The third kappa shape index (κ3) is 4.49. The summed E-state index contributed by atoms with van der Waals surface area (Å²) in [5, 5.41) is 6.80. The van der Waals surface area contributed by atoms with Gasteiger partial charge in [0, 0.05) is 41.2 Å². The molecule has 2 N–H and O–H groups in total. The number of fused-ring (bicyclic) bond motifs is 1. The van der Waals surface area contributed by atoms with Gasteiger partial charge >= 0.3 is 0 Å². The molecule has 26 heavy (non-hydrogen) atoms. The quantitative estimate of drug-likeness (QED) is 0.669. The summed E-state index contributed by atoms with van der Waals surface area (Å²) >= 11 is 1.60. The fourth-order valence-electron chi connectivity index (χ4n) is 2.73. The number of thiazole rings is 1. The number of hydrogen-bond acceptors (Lipinski definition) is 5. The molecule has 0 unspecified atom stereocenters. The molecule has 0 bridgehead atoms. The number of carbonyl (C=O) groups excluding carboxylic acids is 1. The van der Waals surface area contributed by atoms with Gasteiger partial charge in [-0.15, -0.1) is 11.3 Å². The summed E-state index contributed by atoms with van der Waals surface area (Å²) in [5.74, 6) is 0.660. The molecule has 0 saturated carbocycles. The van der Waals surface area contributed by atoms with Gasteiger partial charge in [-0.1, -0.05) is 0 Å². The number of pyridine rings is 1. The van der Waals surface area contributed by atoms with E-state index in [1.54, 1.807) is 24.5 Å². The van der Waals surface area contributed by atoms with Crippen molar-refractivity contribution in [2.45, 2.75) is 26.2 Å². The fraction of sp³-hybridized carbons (Fsp3) is 0.316. The number of nitrogens with zero attached hydrogens (tertiary/aromatic N) is 1. The number of ether oxygens (including phenoxy) is 1. The molecule has 0 aliphatic heterocycles. The van der Waals surface area contributed by atoms with E-state index in [1.807, 2.05) is 30.5 Å². The third-order valence-corrected chi connectivity index (χ3v) is 4.94. The molecule has 3 aromatic rings. The second-order valence-corrected chi connectivity index (χ2v) is 7.10. The average molecular weight is 371 g/mol. The lowest BCUT2D eigenvalue weighted by Gasteiger charge is -2.06. The Labute approximate surface area is 155 Å². The molecule has 2 aromatic heterocycles. The number of amides is 1. The summed E-state index contributed by atoms with van der Waals surface area (Å²) in [4.78, 5) is 31.4. The first-order chi connectivity index (χ1) is 12.5. The number of rotatable bonds is 7. The molecule has 0 aliphatic rings.